The molecule has 1 saturated heterocycles. The van der Waals surface area contributed by atoms with Crippen LogP contribution in [0.15, 0.2) is 0 Å². The molecule has 0 radical (unpaired) electrons. The summed E-state index contributed by atoms with van der Waals surface area (Å²) in [6.07, 6.45) is 1.74. The van der Waals surface area contributed by atoms with Crippen LogP contribution in [-0.4, -0.2) is 53.2 Å². The predicted octanol–water partition coefficient (Wildman–Crippen LogP) is 1.65. The van der Waals surface area contributed by atoms with Gasteiger partial charge in [-0.15, -0.1) is 0 Å². The van der Waals surface area contributed by atoms with E-state index in [9.17, 15) is 9.59 Å². The first-order valence-corrected chi connectivity index (χ1v) is 10.9. The normalized spacial score (nSPS) is 26.0. The summed E-state index contributed by atoms with van der Waals surface area (Å²) in [7, 11) is 0.176. The zero-order chi connectivity index (χ0) is 17.0. The van der Waals surface area contributed by atoms with Crippen LogP contribution in [-0.2, 0) is 23.5 Å². The van der Waals surface area contributed by atoms with Gasteiger partial charge in [0.1, 0.15) is 20.7 Å². The largest absolute Gasteiger partial charge is 0.463 e. The highest BCUT2D eigenvalue weighted by Gasteiger charge is 2.43. The highest BCUT2D eigenvalue weighted by Crippen LogP contribution is 2.39. The molecule has 1 rings (SSSR count). The van der Waals surface area contributed by atoms with Gasteiger partial charge in [0.25, 0.3) is 0 Å². The van der Waals surface area contributed by atoms with E-state index in [-0.39, 0.29) is 48.7 Å². The number of ether oxygens (including phenoxy) is 2. The summed E-state index contributed by atoms with van der Waals surface area (Å²) < 4.78 is 17.4. The molecule has 0 amide bonds. The van der Waals surface area contributed by atoms with Crippen LogP contribution < -0.4 is 0 Å². The van der Waals surface area contributed by atoms with Gasteiger partial charge in [-0.25, -0.2) is 0 Å². The quantitative estimate of drug-likeness (QED) is 0.404. The molecule has 0 aliphatic carbocycles. The zero-order valence-electron chi connectivity index (χ0n) is 14.7. The topological polar surface area (TPSA) is 61.8 Å². The minimum atomic E-state index is -1.83. The second-order valence-electron chi connectivity index (χ2n) is 7.50. The van der Waals surface area contributed by atoms with Crippen molar-refractivity contribution >= 4 is 28.4 Å². The Kier molecular flexibility index (Phi) is 6.83. The van der Waals surface area contributed by atoms with E-state index in [0.29, 0.717) is 0 Å². The summed E-state index contributed by atoms with van der Waals surface area (Å²) in [6, 6.07) is 0.00722. The predicted molar refractivity (Wildman–Crippen MR) is 90.1 cm³/mol. The SMILES string of the molecule is B[C@@H]1O[C@H](COC(=O)CCC=O)CC1O[Si](C)(C)C(C)(C)C. The maximum absolute atomic E-state index is 11.4. The van der Waals surface area contributed by atoms with Crippen molar-refractivity contribution in [3.8, 4) is 0 Å². The molecular formula is C15H29BO5Si. The van der Waals surface area contributed by atoms with Gasteiger partial charge in [0.2, 0.25) is 0 Å². The minimum Gasteiger partial charge on any atom is -0.463 e. The molecule has 0 aromatic rings. The van der Waals surface area contributed by atoms with E-state index in [1.165, 1.54) is 0 Å². The van der Waals surface area contributed by atoms with Crippen molar-refractivity contribution < 1.29 is 23.5 Å². The summed E-state index contributed by atoms with van der Waals surface area (Å²) in [4.78, 5) is 21.6. The first kappa shape index (κ1) is 19.4. The van der Waals surface area contributed by atoms with E-state index in [2.05, 4.69) is 33.9 Å². The Labute approximate surface area is 135 Å². The maximum Gasteiger partial charge on any atom is 0.306 e. The molecule has 1 fully saturated rings. The van der Waals surface area contributed by atoms with Crippen LogP contribution in [0, 0.1) is 0 Å². The van der Waals surface area contributed by atoms with Crippen LogP contribution >= 0.6 is 0 Å². The van der Waals surface area contributed by atoms with Crippen molar-refractivity contribution in [2.75, 3.05) is 6.61 Å². The minimum absolute atomic E-state index is 0.00722. The smallest absolute Gasteiger partial charge is 0.306 e. The van der Waals surface area contributed by atoms with E-state index in [1.807, 2.05) is 7.85 Å². The fourth-order valence-electron chi connectivity index (χ4n) is 2.14. The van der Waals surface area contributed by atoms with Crippen LogP contribution in [0.25, 0.3) is 0 Å². The summed E-state index contributed by atoms with van der Waals surface area (Å²) in [5, 5.41) is 0.159. The molecule has 3 atom stereocenters. The molecule has 0 spiro atoms. The summed E-state index contributed by atoms with van der Waals surface area (Å²) in [5.41, 5.74) is 0. The first-order chi connectivity index (χ1) is 10.1. The lowest BCUT2D eigenvalue weighted by molar-refractivity contribution is -0.147. The van der Waals surface area contributed by atoms with Gasteiger partial charge in [0, 0.05) is 18.8 Å². The Balaban J connectivity index is 2.45. The Bertz CT molecular complexity index is 394. The maximum atomic E-state index is 11.4. The van der Waals surface area contributed by atoms with Gasteiger partial charge in [0.15, 0.2) is 8.32 Å². The third-order valence-electron chi connectivity index (χ3n) is 4.57. The van der Waals surface area contributed by atoms with Crippen molar-refractivity contribution in [2.45, 2.75) is 76.4 Å². The van der Waals surface area contributed by atoms with E-state index < -0.39 is 8.32 Å². The van der Waals surface area contributed by atoms with Crippen molar-refractivity contribution in [1.29, 1.82) is 0 Å². The number of hydrogen-bond acceptors (Lipinski definition) is 5. The summed E-state index contributed by atoms with van der Waals surface area (Å²) in [6.45, 7) is 11.3. The number of hydrogen-bond donors (Lipinski definition) is 0. The van der Waals surface area contributed by atoms with Crippen molar-refractivity contribution in [3.05, 3.63) is 0 Å². The lowest BCUT2D eigenvalue weighted by atomic mass is 9.94. The molecule has 0 N–H and O–H groups in total. The molecule has 1 unspecified atom stereocenters. The second-order valence-corrected chi connectivity index (χ2v) is 12.3. The van der Waals surface area contributed by atoms with Crippen LogP contribution in [0.4, 0.5) is 0 Å². The average Bonchev–Trinajstić information content (AvgIpc) is 2.72. The van der Waals surface area contributed by atoms with Gasteiger partial charge in [-0.2, -0.15) is 0 Å². The molecule has 0 saturated carbocycles. The number of aldehydes is 1. The van der Waals surface area contributed by atoms with E-state index >= 15 is 0 Å². The molecule has 0 bridgehead atoms. The molecule has 1 heterocycles. The van der Waals surface area contributed by atoms with Gasteiger partial charge >= 0.3 is 5.97 Å². The number of carbonyl (C=O) groups is 2. The standard InChI is InChI=1S/C15H29BO5Si/c1-15(2,3)22(4,5)21-12-9-11(20-14(12)16)10-19-13(18)7-6-8-17/h8,11-12,14H,6-7,9-10,16H2,1-5H3/t11-,12?,14+/m0/s1. The molecule has 7 heteroatoms. The number of carbonyl (C=O) groups excluding carboxylic acids is 2. The number of esters is 1. The highest BCUT2D eigenvalue weighted by molar-refractivity contribution is 6.74. The highest BCUT2D eigenvalue weighted by atomic mass is 28.4. The molecule has 22 heavy (non-hydrogen) atoms. The van der Waals surface area contributed by atoms with Crippen LogP contribution in [0.3, 0.4) is 0 Å². The van der Waals surface area contributed by atoms with Crippen LogP contribution in [0.1, 0.15) is 40.0 Å². The fraction of sp³-hybridized carbons (Fsp3) is 0.867. The molecular weight excluding hydrogens is 299 g/mol. The van der Waals surface area contributed by atoms with Crippen LogP contribution in [0.2, 0.25) is 18.1 Å². The molecule has 0 aromatic heterocycles. The second kappa shape index (κ2) is 7.75. The van der Waals surface area contributed by atoms with Gasteiger partial charge in [-0.1, -0.05) is 20.8 Å². The van der Waals surface area contributed by atoms with Crippen molar-refractivity contribution in [3.63, 3.8) is 0 Å². The summed E-state index contributed by atoms with van der Waals surface area (Å²) in [5.74, 6) is -0.350. The van der Waals surface area contributed by atoms with E-state index in [4.69, 9.17) is 13.9 Å². The zero-order valence-corrected chi connectivity index (χ0v) is 15.7. The Hall–Kier alpha value is -0.658. The van der Waals surface area contributed by atoms with Gasteiger partial charge in [0.05, 0.1) is 18.6 Å². The van der Waals surface area contributed by atoms with Crippen molar-refractivity contribution in [1.82, 2.24) is 0 Å². The molecule has 1 aliphatic rings. The third kappa shape index (κ3) is 5.52. The van der Waals surface area contributed by atoms with Crippen LogP contribution in [0.5, 0.6) is 0 Å². The first-order valence-electron chi connectivity index (χ1n) is 7.99. The number of rotatable bonds is 7. The average molecular weight is 328 g/mol. The van der Waals surface area contributed by atoms with Crippen molar-refractivity contribution in [2.24, 2.45) is 0 Å². The van der Waals surface area contributed by atoms with E-state index in [1.54, 1.807) is 0 Å². The van der Waals surface area contributed by atoms with Gasteiger partial charge in [-0.3, -0.25) is 4.79 Å². The third-order valence-corrected chi connectivity index (χ3v) is 9.08. The Morgan fingerprint density at radius 2 is 2.05 bits per heavy atom. The summed E-state index contributed by atoms with van der Waals surface area (Å²) >= 11 is 0. The molecule has 0 aromatic carbocycles. The Morgan fingerprint density at radius 1 is 1.41 bits per heavy atom. The fourth-order valence-corrected chi connectivity index (χ4v) is 3.54. The monoisotopic (exact) mass is 328 g/mol. The van der Waals surface area contributed by atoms with Gasteiger partial charge < -0.3 is 18.7 Å². The lowest BCUT2D eigenvalue weighted by Crippen LogP contribution is -2.46. The lowest BCUT2D eigenvalue weighted by Gasteiger charge is -2.39. The Morgan fingerprint density at radius 3 is 2.59 bits per heavy atom. The van der Waals surface area contributed by atoms with E-state index in [0.717, 1.165) is 12.7 Å². The molecule has 1 aliphatic heterocycles. The molecule has 5 nitrogen and oxygen atoms in total. The van der Waals surface area contributed by atoms with Gasteiger partial charge in [-0.05, 0) is 18.1 Å². The molecule has 126 valence electrons.